The van der Waals surface area contributed by atoms with E-state index in [0.717, 1.165) is 22.7 Å². The second-order valence-electron chi connectivity index (χ2n) is 7.55. The maximum absolute atomic E-state index is 5.99. The topological polar surface area (TPSA) is 93.5 Å². The van der Waals surface area contributed by atoms with Gasteiger partial charge in [0.25, 0.3) is 0 Å². The first-order chi connectivity index (χ1) is 16.7. The number of nitrogens with one attached hydrogen (secondary N) is 2. The summed E-state index contributed by atoms with van der Waals surface area (Å²) in [4.78, 5) is 9.24. The van der Waals surface area contributed by atoms with Crippen molar-refractivity contribution < 1.29 is 18.3 Å². The predicted octanol–water partition coefficient (Wildman–Crippen LogP) is 6.20. The lowest BCUT2D eigenvalue weighted by atomic mass is 10.2. The number of anilines is 2. The summed E-state index contributed by atoms with van der Waals surface area (Å²) in [5.41, 5.74) is 3.03. The molecular formula is C26H24N4O4. The number of benzene rings is 2. The first kappa shape index (κ1) is 21.7. The predicted molar refractivity (Wildman–Crippen MR) is 132 cm³/mol. The summed E-state index contributed by atoms with van der Waals surface area (Å²) in [5, 5.41) is 6.69. The van der Waals surface area contributed by atoms with Crippen LogP contribution in [0, 0.1) is 0 Å². The number of fused-ring (bicyclic) bond motifs is 6. The lowest BCUT2D eigenvalue weighted by Crippen LogP contribution is -2.12. The Labute approximate surface area is 196 Å². The van der Waals surface area contributed by atoms with E-state index in [4.69, 9.17) is 18.3 Å². The molecule has 0 spiro atoms. The average molecular weight is 457 g/mol. The minimum absolute atomic E-state index is 0.510. The molecule has 1 aliphatic heterocycles. The summed E-state index contributed by atoms with van der Waals surface area (Å²) in [6, 6.07) is 22.8. The highest BCUT2D eigenvalue weighted by atomic mass is 16.5. The van der Waals surface area contributed by atoms with E-state index < -0.39 is 12.5 Å². The number of ether oxygens (including phenoxy) is 2. The van der Waals surface area contributed by atoms with Crippen molar-refractivity contribution in [3.05, 3.63) is 95.8 Å². The Morgan fingerprint density at radius 1 is 0.618 bits per heavy atom. The number of aliphatic imine (C=N–C) groups is 2. The largest absolute Gasteiger partial charge is 0.455 e. The Hall–Kier alpha value is -4.14. The molecule has 2 aromatic carbocycles. The van der Waals surface area contributed by atoms with Gasteiger partial charge in [-0.15, -0.1) is 0 Å². The second-order valence-corrected chi connectivity index (χ2v) is 7.55. The summed E-state index contributed by atoms with van der Waals surface area (Å²) in [6.45, 7) is 0. The second kappa shape index (κ2) is 9.78. The molecule has 4 bridgehead atoms. The third-order valence-corrected chi connectivity index (χ3v) is 5.33. The quantitative estimate of drug-likeness (QED) is 0.373. The van der Waals surface area contributed by atoms with Crippen LogP contribution in [0.25, 0.3) is 0 Å². The van der Waals surface area contributed by atoms with Crippen LogP contribution in [0.5, 0.6) is 0 Å². The zero-order valence-corrected chi connectivity index (χ0v) is 18.8. The Balaban J connectivity index is 1.58. The molecule has 4 aromatic rings. The van der Waals surface area contributed by atoms with E-state index >= 15 is 0 Å². The molecule has 8 nitrogen and oxygen atoms in total. The van der Waals surface area contributed by atoms with Crippen molar-refractivity contribution in [3.8, 4) is 0 Å². The van der Waals surface area contributed by atoms with Gasteiger partial charge in [-0.3, -0.25) is 9.98 Å². The minimum atomic E-state index is -0.510. The molecule has 0 aliphatic carbocycles. The van der Waals surface area contributed by atoms with Crippen molar-refractivity contribution >= 4 is 35.2 Å². The molecule has 0 fully saturated rings. The molecule has 1 aliphatic rings. The highest BCUT2D eigenvalue weighted by molar-refractivity contribution is 5.83. The van der Waals surface area contributed by atoms with E-state index in [1.807, 2.05) is 72.8 Å². The van der Waals surface area contributed by atoms with E-state index in [-0.39, 0.29) is 0 Å². The van der Waals surface area contributed by atoms with E-state index in [9.17, 15) is 0 Å². The summed E-state index contributed by atoms with van der Waals surface area (Å²) >= 11 is 0. The first-order valence-electron chi connectivity index (χ1n) is 10.8. The van der Waals surface area contributed by atoms with Crippen LogP contribution >= 0.6 is 0 Å². The van der Waals surface area contributed by atoms with Crippen LogP contribution in [0.1, 0.15) is 35.5 Å². The van der Waals surface area contributed by atoms with Gasteiger partial charge in [0, 0.05) is 14.2 Å². The van der Waals surface area contributed by atoms with E-state index in [1.54, 1.807) is 26.6 Å². The fourth-order valence-corrected chi connectivity index (χ4v) is 3.62. The molecule has 2 aromatic heterocycles. The fraction of sp³-hybridized carbons (Fsp3) is 0.154. The Bertz CT molecular complexity index is 1220. The molecule has 0 radical (unpaired) electrons. The number of methoxy groups -OCH3 is 2. The molecule has 5 rings (SSSR count). The molecule has 34 heavy (non-hydrogen) atoms. The van der Waals surface area contributed by atoms with E-state index in [0.29, 0.717) is 23.0 Å². The molecule has 2 unspecified atom stereocenters. The molecule has 2 atom stereocenters. The zero-order valence-electron chi connectivity index (χ0n) is 18.8. The van der Waals surface area contributed by atoms with Gasteiger partial charge >= 0.3 is 0 Å². The molecular weight excluding hydrogens is 432 g/mol. The van der Waals surface area contributed by atoms with Crippen molar-refractivity contribution in [1.82, 2.24) is 0 Å². The van der Waals surface area contributed by atoms with Gasteiger partial charge in [-0.1, -0.05) is 24.3 Å². The van der Waals surface area contributed by atoms with Crippen LogP contribution in [0.4, 0.5) is 22.7 Å². The number of hydrogen-bond acceptors (Lipinski definition) is 8. The van der Waals surface area contributed by atoms with Crippen LogP contribution in [0.2, 0.25) is 0 Å². The van der Waals surface area contributed by atoms with Gasteiger partial charge in [0.15, 0.2) is 24.0 Å². The molecule has 0 saturated heterocycles. The lowest BCUT2D eigenvalue weighted by molar-refractivity contribution is 0.106. The molecule has 8 heteroatoms. The van der Waals surface area contributed by atoms with Gasteiger partial charge in [0.2, 0.25) is 0 Å². The zero-order chi connectivity index (χ0) is 23.3. The smallest absolute Gasteiger partial charge is 0.186 e. The minimum Gasteiger partial charge on any atom is -0.455 e. The van der Waals surface area contributed by atoms with Gasteiger partial charge in [-0.25, -0.2) is 0 Å². The van der Waals surface area contributed by atoms with Gasteiger partial charge in [-0.2, -0.15) is 0 Å². The maximum atomic E-state index is 5.99. The summed E-state index contributed by atoms with van der Waals surface area (Å²) in [7, 11) is 3.23. The average Bonchev–Trinajstić information content (AvgIpc) is 3.54. The molecule has 0 saturated carbocycles. The van der Waals surface area contributed by atoms with Crippen molar-refractivity contribution in [3.63, 3.8) is 0 Å². The van der Waals surface area contributed by atoms with E-state index in [1.165, 1.54) is 0 Å². The number of furan rings is 2. The highest BCUT2D eigenvalue weighted by Crippen LogP contribution is 2.32. The number of nitrogens with zero attached hydrogens (tertiary/aromatic N) is 2. The Morgan fingerprint density at radius 2 is 1.06 bits per heavy atom. The first-order valence-corrected chi connectivity index (χ1v) is 10.8. The van der Waals surface area contributed by atoms with Crippen LogP contribution < -0.4 is 10.6 Å². The number of para-hydroxylation sites is 4. The summed E-state index contributed by atoms with van der Waals surface area (Å²) in [5.74, 6) is 2.43. The third-order valence-electron chi connectivity index (χ3n) is 5.33. The van der Waals surface area contributed by atoms with Gasteiger partial charge in [0.05, 0.1) is 35.2 Å². The lowest BCUT2D eigenvalue weighted by Gasteiger charge is -2.18. The monoisotopic (exact) mass is 456 g/mol. The highest BCUT2D eigenvalue weighted by Gasteiger charge is 2.18. The van der Waals surface area contributed by atoms with E-state index in [2.05, 4.69) is 20.6 Å². The van der Waals surface area contributed by atoms with Gasteiger partial charge < -0.3 is 28.9 Å². The normalized spacial score (nSPS) is 17.6. The Morgan fingerprint density at radius 3 is 1.50 bits per heavy atom. The van der Waals surface area contributed by atoms with Crippen LogP contribution in [-0.2, 0) is 9.47 Å². The molecule has 3 heterocycles. The van der Waals surface area contributed by atoms with Gasteiger partial charge in [-0.05, 0) is 48.5 Å². The van der Waals surface area contributed by atoms with Gasteiger partial charge in [0.1, 0.15) is 11.5 Å². The third kappa shape index (κ3) is 4.63. The summed E-state index contributed by atoms with van der Waals surface area (Å²) in [6.07, 6.45) is 2.32. The number of hydrogen-bond donors (Lipinski definition) is 2. The molecule has 172 valence electrons. The molecule has 0 amide bonds. The SMILES string of the molecule is COC1Nc2ccccc2N=Cc2ccc(o2)C(OC)Nc2ccccc2N=Cc2ccc1o2. The Kier molecular flexibility index (Phi) is 6.24. The fourth-order valence-electron chi connectivity index (χ4n) is 3.62. The number of rotatable bonds is 2. The summed E-state index contributed by atoms with van der Waals surface area (Å²) < 4.78 is 23.3. The van der Waals surface area contributed by atoms with Crippen LogP contribution in [-0.4, -0.2) is 26.6 Å². The van der Waals surface area contributed by atoms with Crippen molar-refractivity contribution in [2.75, 3.05) is 24.9 Å². The van der Waals surface area contributed by atoms with Crippen molar-refractivity contribution in [2.45, 2.75) is 12.5 Å². The van der Waals surface area contributed by atoms with Crippen LogP contribution in [0.3, 0.4) is 0 Å². The van der Waals surface area contributed by atoms with Crippen LogP contribution in [0.15, 0.2) is 91.6 Å². The maximum Gasteiger partial charge on any atom is 0.186 e. The van der Waals surface area contributed by atoms with Crippen molar-refractivity contribution in [2.24, 2.45) is 9.98 Å². The van der Waals surface area contributed by atoms with Crippen molar-refractivity contribution in [1.29, 1.82) is 0 Å². The molecule has 2 N–H and O–H groups in total. The standard InChI is InChI=1S/C26H24N4O4/c1-31-25-23-13-11-17(33-23)15-28-20-8-4-6-10-22(20)30-26(32-2)24-14-12-18(34-24)16-27-19-7-3-5-9-21(19)29-25/h3-16,25-26,29-30H,1-2H3.